The smallest absolute Gasteiger partial charge is 0.184 e. The van der Waals surface area contributed by atoms with E-state index < -0.39 is 6.04 Å². The highest BCUT2D eigenvalue weighted by atomic mass is 16.1. The van der Waals surface area contributed by atoms with Crippen LogP contribution in [0.2, 0.25) is 0 Å². The van der Waals surface area contributed by atoms with Gasteiger partial charge in [-0.25, -0.2) is 0 Å². The maximum Gasteiger partial charge on any atom is 0.184 e. The molecule has 0 saturated heterocycles. The Morgan fingerprint density at radius 2 is 2.00 bits per heavy atom. The molecule has 0 aliphatic rings. The van der Waals surface area contributed by atoms with E-state index in [-0.39, 0.29) is 5.78 Å². The van der Waals surface area contributed by atoms with Gasteiger partial charge in [-0.05, 0) is 6.92 Å². The Morgan fingerprint density at radius 3 is 2.53 bits per heavy atom. The molecule has 88 valence electrons. The van der Waals surface area contributed by atoms with E-state index in [1.54, 1.807) is 36.3 Å². The number of hydrogen-bond acceptors (Lipinski definition) is 3. The molecule has 1 heterocycles. The van der Waals surface area contributed by atoms with E-state index >= 15 is 0 Å². The number of ketones is 1. The highest BCUT2D eigenvalue weighted by molar-refractivity contribution is 6.00. The average molecular weight is 229 g/mol. The van der Waals surface area contributed by atoms with Crippen LogP contribution >= 0.6 is 0 Å². The number of benzene rings is 1. The minimum absolute atomic E-state index is 0.0852. The number of aromatic nitrogens is 2. The zero-order valence-electron chi connectivity index (χ0n) is 9.92. The fourth-order valence-electron chi connectivity index (χ4n) is 1.65. The van der Waals surface area contributed by atoms with Gasteiger partial charge < -0.3 is 5.73 Å². The van der Waals surface area contributed by atoms with E-state index in [1.807, 2.05) is 19.1 Å². The van der Waals surface area contributed by atoms with Crippen LogP contribution in [0.25, 0.3) is 0 Å². The number of carbonyl (C=O) groups excluding carboxylic acids is 1. The Kier molecular flexibility index (Phi) is 3.06. The van der Waals surface area contributed by atoms with E-state index in [9.17, 15) is 4.79 Å². The Hall–Kier alpha value is -1.94. The van der Waals surface area contributed by atoms with E-state index in [4.69, 9.17) is 5.73 Å². The molecular weight excluding hydrogens is 214 g/mol. The summed E-state index contributed by atoms with van der Waals surface area (Å²) in [5, 5.41) is 4.01. The van der Waals surface area contributed by atoms with Crippen LogP contribution in [0.3, 0.4) is 0 Å². The third kappa shape index (κ3) is 2.42. The van der Waals surface area contributed by atoms with Gasteiger partial charge in [0.25, 0.3) is 0 Å². The van der Waals surface area contributed by atoms with Crippen LogP contribution < -0.4 is 5.73 Å². The summed E-state index contributed by atoms with van der Waals surface area (Å²) in [4.78, 5) is 12.1. The van der Waals surface area contributed by atoms with Gasteiger partial charge in [-0.2, -0.15) is 5.10 Å². The molecule has 0 radical (unpaired) electrons. The lowest BCUT2D eigenvalue weighted by Gasteiger charge is -2.08. The molecule has 2 aromatic rings. The Bertz CT molecular complexity index is 528. The molecule has 1 atom stereocenters. The summed E-state index contributed by atoms with van der Waals surface area (Å²) in [6.45, 7) is 1.98. The number of hydrogen-bond donors (Lipinski definition) is 1. The van der Waals surface area contributed by atoms with Gasteiger partial charge in [0.1, 0.15) is 0 Å². The summed E-state index contributed by atoms with van der Waals surface area (Å²) in [6.07, 6.45) is 3.38. The fraction of sp³-hybridized carbons (Fsp3) is 0.231. The van der Waals surface area contributed by atoms with Gasteiger partial charge in [-0.15, -0.1) is 0 Å². The van der Waals surface area contributed by atoms with Crippen LogP contribution in [0.5, 0.6) is 0 Å². The molecule has 1 aromatic heterocycles. The molecule has 1 unspecified atom stereocenters. The van der Waals surface area contributed by atoms with Crippen molar-refractivity contribution in [3.8, 4) is 0 Å². The predicted octanol–water partition coefficient (Wildman–Crippen LogP) is 1.61. The third-order valence-corrected chi connectivity index (χ3v) is 2.70. The number of carbonyl (C=O) groups is 1. The molecule has 0 fully saturated rings. The van der Waals surface area contributed by atoms with Crippen molar-refractivity contribution in [3.05, 3.63) is 53.3 Å². The molecule has 0 bridgehead atoms. The standard InChI is InChI=1S/C13H15N3O/c1-9-3-5-10(6-4-9)13(17)12(14)11-7-15-16(2)8-11/h3-8,12H,14H2,1-2H3. The van der Waals surface area contributed by atoms with E-state index in [2.05, 4.69) is 5.10 Å². The van der Waals surface area contributed by atoms with Gasteiger partial charge >= 0.3 is 0 Å². The second-order valence-electron chi connectivity index (χ2n) is 4.16. The molecule has 0 amide bonds. The van der Waals surface area contributed by atoms with Crippen molar-refractivity contribution in [2.24, 2.45) is 12.8 Å². The number of Topliss-reactive ketones (excluding diaryl/α,β-unsaturated/α-hetero) is 1. The van der Waals surface area contributed by atoms with Gasteiger partial charge in [0.15, 0.2) is 5.78 Å². The SMILES string of the molecule is Cc1ccc(C(=O)C(N)c2cnn(C)c2)cc1. The highest BCUT2D eigenvalue weighted by Gasteiger charge is 2.18. The van der Waals surface area contributed by atoms with Gasteiger partial charge in [0.05, 0.1) is 12.2 Å². The van der Waals surface area contributed by atoms with Crippen LogP contribution in [0, 0.1) is 6.92 Å². The van der Waals surface area contributed by atoms with Crippen LogP contribution in [0.4, 0.5) is 0 Å². The first-order valence-electron chi connectivity index (χ1n) is 5.43. The highest BCUT2D eigenvalue weighted by Crippen LogP contribution is 2.15. The number of nitrogens with two attached hydrogens (primary N) is 1. The minimum atomic E-state index is -0.647. The zero-order chi connectivity index (χ0) is 12.4. The van der Waals surface area contributed by atoms with Crippen molar-refractivity contribution < 1.29 is 4.79 Å². The largest absolute Gasteiger partial charge is 0.317 e. The first-order valence-corrected chi connectivity index (χ1v) is 5.43. The van der Waals surface area contributed by atoms with Crippen molar-refractivity contribution in [2.75, 3.05) is 0 Å². The number of rotatable bonds is 3. The second kappa shape index (κ2) is 4.51. The lowest BCUT2D eigenvalue weighted by atomic mass is 10.00. The monoisotopic (exact) mass is 229 g/mol. The van der Waals surface area contributed by atoms with Gasteiger partial charge in [-0.3, -0.25) is 9.48 Å². The van der Waals surface area contributed by atoms with Crippen molar-refractivity contribution in [1.29, 1.82) is 0 Å². The molecular formula is C13H15N3O. The maximum absolute atomic E-state index is 12.1. The maximum atomic E-state index is 12.1. The summed E-state index contributed by atoms with van der Waals surface area (Å²) in [5.74, 6) is -0.0852. The van der Waals surface area contributed by atoms with Crippen LogP contribution in [-0.4, -0.2) is 15.6 Å². The quantitative estimate of drug-likeness (QED) is 0.813. The molecule has 0 aliphatic heterocycles. The molecule has 17 heavy (non-hydrogen) atoms. The molecule has 2 N–H and O–H groups in total. The Labute approximate surface area is 100 Å². The van der Waals surface area contributed by atoms with Crippen LogP contribution in [0.1, 0.15) is 27.5 Å². The molecule has 4 nitrogen and oxygen atoms in total. The lowest BCUT2D eigenvalue weighted by molar-refractivity contribution is 0.0961. The first kappa shape index (κ1) is 11.5. The molecule has 0 aliphatic carbocycles. The zero-order valence-corrected chi connectivity index (χ0v) is 9.92. The Morgan fingerprint density at radius 1 is 1.35 bits per heavy atom. The minimum Gasteiger partial charge on any atom is -0.317 e. The summed E-state index contributed by atoms with van der Waals surface area (Å²) in [5.41, 5.74) is 8.41. The fourth-order valence-corrected chi connectivity index (χ4v) is 1.65. The van der Waals surface area contributed by atoms with Gasteiger partial charge in [0.2, 0.25) is 0 Å². The van der Waals surface area contributed by atoms with Gasteiger partial charge in [-0.1, -0.05) is 29.8 Å². The summed E-state index contributed by atoms with van der Waals surface area (Å²) >= 11 is 0. The summed E-state index contributed by atoms with van der Waals surface area (Å²) in [7, 11) is 1.80. The lowest BCUT2D eigenvalue weighted by Crippen LogP contribution is -2.21. The van der Waals surface area contributed by atoms with E-state index in [1.165, 1.54) is 0 Å². The number of nitrogens with zero attached hydrogens (tertiary/aromatic N) is 2. The van der Waals surface area contributed by atoms with E-state index in [0.717, 1.165) is 11.1 Å². The molecule has 4 heteroatoms. The molecule has 0 saturated carbocycles. The van der Waals surface area contributed by atoms with Crippen molar-refractivity contribution in [2.45, 2.75) is 13.0 Å². The molecule has 0 spiro atoms. The summed E-state index contributed by atoms with van der Waals surface area (Å²) < 4.78 is 1.64. The van der Waals surface area contributed by atoms with Crippen LogP contribution in [-0.2, 0) is 7.05 Å². The third-order valence-electron chi connectivity index (χ3n) is 2.70. The molecule has 2 rings (SSSR count). The van der Waals surface area contributed by atoms with E-state index in [0.29, 0.717) is 5.56 Å². The number of aryl methyl sites for hydroxylation is 2. The second-order valence-corrected chi connectivity index (χ2v) is 4.16. The topological polar surface area (TPSA) is 60.9 Å². The normalized spacial score (nSPS) is 12.4. The summed E-state index contributed by atoms with van der Waals surface area (Å²) in [6, 6.07) is 6.76. The molecule has 1 aromatic carbocycles. The first-order chi connectivity index (χ1) is 8.08. The average Bonchev–Trinajstić information content (AvgIpc) is 2.75. The van der Waals surface area contributed by atoms with Crippen molar-refractivity contribution in [1.82, 2.24) is 9.78 Å². The Balaban J connectivity index is 2.23. The van der Waals surface area contributed by atoms with Crippen molar-refractivity contribution in [3.63, 3.8) is 0 Å². The predicted molar refractivity (Wildman–Crippen MR) is 65.6 cm³/mol. The van der Waals surface area contributed by atoms with Crippen LogP contribution in [0.15, 0.2) is 36.7 Å². The van der Waals surface area contributed by atoms with Gasteiger partial charge in [0, 0.05) is 24.4 Å². The van der Waals surface area contributed by atoms with Crippen molar-refractivity contribution >= 4 is 5.78 Å².